The van der Waals surface area contributed by atoms with E-state index < -0.39 is 0 Å². The Morgan fingerprint density at radius 3 is 2.66 bits per heavy atom. The van der Waals surface area contributed by atoms with Crippen molar-refractivity contribution in [2.45, 2.75) is 20.4 Å². The quantitative estimate of drug-likeness (QED) is 0.356. The monoisotopic (exact) mass is 447 g/mol. The Morgan fingerprint density at radius 2 is 1.84 bits per heavy atom. The number of hydrogen-bond acceptors (Lipinski definition) is 6. The Hall–Kier alpha value is -3.91. The highest BCUT2D eigenvalue weighted by molar-refractivity contribution is 6.35. The number of H-pyrrole nitrogens is 1. The van der Waals surface area contributed by atoms with E-state index in [9.17, 15) is 4.79 Å². The van der Waals surface area contributed by atoms with Gasteiger partial charge in [-0.1, -0.05) is 49.7 Å². The molecule has 0 aliphatic carbocycles. The molecule has 0 saturated heterocycles. The second kappa shape index (κ2) is 9.49. The molecule has 32 heavy (non-hydrogen) atoms. The van der Waals surface area contributed by atoms with Gasteiger partial charge in [0.05, 0.1) is 33.5 Å². The Balaban J connectivity index is 0.00000119. The number of para-hydroxylation sites is 1. The van der Waals surface area contributed by atoms with E-state index in [2.05, 4.69) is 30.7 Å². The highest BCUT2D eigenvalue weighted by atomic mass is 35.5. The molecule has 0 aliphatic rings. The lowest BCUT2D eigenvalue weighted by Crippen LogP contribution is -2.32. The maximum Gasteiger partial charge on any atom is 0.281 e. The zero-order chi connectivity index (χ0) is 22.5. The number of fused-ring (bicyclic) bond motifs is 2. The molecule has 3 aromatic heterocycles. The lowest BCUT2D eigenvalue weighted by molar-refractivity contribution is 0.783. The topological polar surface area (TPSA) is 101 Å². The third-order valence-electron chi connectivity index (χ3n) is 4.70. The summed E-state index contributed by atoms with van der Waals surface area (Å²) < 4.78 is 1.41. The molecular formula is C23H22ClN7O. The van der Waals surface area contributed by atoms with Gasteiger partial charge < -0.3 is 10.3 Å². The van der Waals surface area contributed by atoms with Crippen LogP contribution in [-0.2, 0) is 6.54 Å². The number of benzene rings is 2. The van der Waals surface area contributed by atoms with Gasteiger partial charge in [0.25, 0.3) is 5.56 Å². The van der Waals surface area contributed by atoms with Crippen molar-refractivity contribution in [2.75, 3.05) is 10.7 Å². The number of hydrogen-bond donors (Lipinski definition) is 3. The van der Waals surface area contributed by atoms with E-state index in [1.54, 1.807) is 24.4 Å². The maximum atomic E-state index is 13.3. The van der Waals surface area contributed by atoms with Crippen LogP contribution in [0.3, 0.4) is 0 Å². The number of aromatic nitrogens is 5. The van der Waals surface area contributed by atoms with E-state index in [0.29, 0.717) is 27.6 Å². The SMILES string of the molecule is CC.O=c1c2c(Cl)cccc2nc(CNc2ncnc3[nH]ccc23)n1Nc1ccccc1. The molecule has 2 aromatic carbocycles. The Labute approximate surface area is 189 Å². The van der Waals surface area contributed by atoms with Crippen molar-refractivity contribution in [1.29, 1.82) is 0 Å². The maximum absolute atomic E-state index is 13.3. The molecule has 0 bridgehead atoms. The average molecular weight is 448 g/mol. The molecule has 0 aliphatic heterocycles. The number of anilines is 2. The molecule has 0 atom stereocenters. The molecule has 0 amide bonds. The van der Waals surface area contributed by atoms with Crippen molar-refractivity contribution in [1.82, 2.24) is 24.6 Å². The minimum absolute atomic E-state index is 0.259. The standard InChI is InChI=1S/C21H16ClN7O.C2H6/c22-15-7-4-8-16-18(15)21(30)29(28-13-5-2-1-3-6-13)17(27-16)11-24-20-14-9-10-23-19(14)25-12-26-20;1-2/h1-10,12,28H,11H2,(H2,23,24,25,26);1-2H3. The van der Waals surface area contributed by atoms with Gasteiger partial charge in [0.1, 0.15) is 17.8 Å². The zero-order valence-electron chi connectivity index (χ0n) is 17.6. The smallest absolute Gasteiger partial charge is 0.281 e. The summed E-state index contributed by atoms with van der Waals surface area (Å²) in [6.45, 7) is 4.26. The first kappa shape index (κ1) is 21.3. The minimum Gasteiger partial charge on any atom is -0.362 e. The first-order valence-electron chi connectivity index (χ1n) is 10.2. The number of nitrogens with zero attached hydrogens (tertiary/aromatic N) is 4. The molecular weight excluding hydrogens is 426 g/mol. The van der Waals surface area contributed by atoms with Gasteiger partial charge in [-0.15, -0.1) is 0 Å². The Kier molecular flexibility index (Phi) is 6.32. The van der Waals surface area contributed by atoms with Gasteiger partial charge in [-0.3, -0.25) is 10.2 Å². The Bertz CT molecular complexity index is 1410. The average Bonchev–Trinajstić information content (AvgIpc) is 3.31. The summed E-state index contributed by atoms with van der Waals surface area (Å²) in [4.78, 5) is 29.5. The molecule has 3 N–H and O–H groups in total. The fourth-order valence-electron chi connectivity index (χ4n) is 3.29. The number of rotatable bonds is 5. The van der Waals surface area contributed by atoms with Crippen LogP contribution in [0.2, 0.25) is 5.02 Å². The summed E-state index contributed by atoms with van der Waals surface area (Å²) in [6.07, 6.45) is 3.28. The molecule has 5 rings (SSSR count). The molecule has 5 aromatic rings. The molecule has 162 valence electrons. The van der Waals surface area contributed by atoms with Gasteiger partial charge in [-0.05, 0) is 30.3 Å². The Morgan fingerprint density at radius 1 is 1.03 bits per heavy atom. The molecule has 9 heteroatoms. The van der Waals surface area contributed by atoms with E-state index in [0.717, 1.165) is 16.7 Å². The van der Waals surface area contributed by atoms with Crippen LogP contribution in [0.1, 0.15) is 19.7 Å². The van der Waals surface area contributed by atoms with E-state index in [1.165, 1.54) is 11.0 Å². The first-order valence-corrected chi connectivity index (χ1v) is 10.6. The highest BCUT2D eigenvalue weighted by Gasteiger charge is 2.14. The van der Waals surface area contributed by atoms with E-state index >= 15 is 0 Å². The van der Waals surface area contributed by atoms with Crippen molar-refractivity contribution in [3.63, 3.8) is 0 Å². The first-order chi connectivity index (χ1) is 15.7. The molecule has 0 saturated carbocycles. The summed E-state index contributed by atoms with van der Waals surface area (Å²) in [5.41, 5.74) is 4.87. The van der Waals surface area contributed by atoms with Crippen LogP contribution in [0, 0.1) is 0 Å². The van der Waals surface area contributed by atoms with Crippen LogP contribution in [0.25, 0.3) is 21.9 Å². The third-order valence-corrected chi connectivity index (χ3v) is 5.01. The van der Waals surface area contributed by atoms with Crippen molar-refractivity contribution < 1.29 is 0 Å². The summed E-state index contributed by atoms with van der Waals surface area (Å²) in [6, 6.07) is 16.5. The lowest BCUT2D eigenvalue weighted by atomic mass is 10.2. The normalized spacial score (nSPS) is 10.6. The van der Waals surface area contributed by atoms with Gasteiger partial charge in [0, 0.05) is 6.20 Å². The van der Waals surface area contributed by atoms with Crippen LogP contribution >= 0.6 is 11.6 Å². The largest absolute Gasteiger partial charge is 0.362 e. The fraction of sp³-hybridized carbons (Fsp3) is 0.130. The van der Waals surface area contributed by atoms with E-state index in [-0.39, 0.29) is 12.1 Å². The van der Waals surface area contributed by atoms with Crippen LogP contribution in [0.4, 0.5) is 11.5 Å². The van der Waals surface area contributed by atoms with Crippen LogP contribution in [0.15, 0.2) is 71.9 Å². The fourth-order valence-corrected chi connectivity index (χ4v) is 3.54. The van der Waals surface area contributed by atoms with Gasteiger partial charge >= 0.3 is 0 Å². The predicted molar refractivity (Wildman–Crippen MR) is 129 cm³/mol. The van der Waals surface area contributed by atoms with Crippen LogP contribution < -0.4 is 16.3 Å². The molecule has 0 fully saturated rings. The van der Waals surface area contributed by atoms with Gasteiger partial charge in [-0.25, -0.2) is 19.6 Å². The predicted octanol–water partition coefficient (Wildman–Crippen LogP) is 4.83. The second-order valence-electron chi connectivity index (χ2n) is 6.60. The molecule has 8 nitrogen and oxygen atoms in total. The van der Waals surface area contributed by atoms with Crippen molar-refractivity contribution in [3.8, 4) is 0 Å². The van der Waals surface area contributed by atoms with Gasteiger partial charge in [0.2, 0.25) is 0 Å². The summed E-state index contributed by atoms with van der Waals surface area (Å²) in [5, 5.41) is 4.83. The van der Waals surface area contributed by atoms with E-state index in [1.807, 2.05) is 50.2 Å². The van der Waals surface area contributed by atoms with Gasteiger partial charge in [-0.2, -0.15) is 0 Å². The molecule has 0 radical (unpaired) electrons. The second-order valence-corrected chi connectivity index (χ2v) is 7.00. The summed E-state index contributed by atoms with van der Waals surface area (Å²) in [5.74, 6) is 1.13. The molecule has 0 unspecified atom stereocenters. The van der Waals surface area contributed by atoms with Crippen LogP contribution in [0.5, 0.6) is 0 Å². The summed E-state index contributed by atoms with van der Waals surface area (Å²) in [7, 11) is 0. The number of halogens is 1. The minimum atomic E-state index is -0.277. The number of aromatic amines is 1. The lowest BCUT2D eigenvalue weighted by Gasteiger charge is -2.16. The van der Waals surface area contributed by atoms with Crippen LogP contribution in [-0.4, -0.2) is 24.6 Å². The van der Waals surface area contributed by atoms with Gasteiger partial charge in [0.15, 0.2) is 5.82 Å². The molecule has 0 spiro atoms. The molecule has 3 heterocycles. The van der Waals surface area contributed by atoms with Crippen molar-refractivity contribution in [2.24, 2.45) is 0 Å². The number of nitrogens with one attached hydrogen (secondary N) is 3. The third kappa shape index (κ3) is 4.13. The highest BCUT2D eigenvalue weighted by Crippen LogP contribution is 2.21. The zero-order valence-corrected chi connectivity index (χ0v) is 18.4. The van der Waals surface area contributed by atoms with E-state index in [4.69, 9.17) is 11.6 Å². The van der Waals surface area contributed by atoms with Crippen molar-refractivity contribution in [3.05, 3.63) is 88.3 Å². The van der Waals surface area contributed by atoms with Crippen molar-refractivity contribution >= 4 is 45.0 Å². The summed E-state index contributed by atoms with van der Waals surface area (Å²) >= 11 is 6.30.